The zero-order valence-corrected chi connectivity index (χ0v) is 16.8. The van der Waals surface area contributed by atoms with Crippen molar-refractivity contribution in [3.8, 4) is 5.75 Å². The standard InChI is InChI=1S/C19H20FN5O3S/c1-4-9-25-17(11-27-15-8-6-5-7-14(15)20)22-23-19(25)29-13(3)18(26)21-16-10-12(2)28-24-16/h4-8,10,13H,1,9,11H2,2-3H3,(H,21,24,26). The molecule has 1 atom stereocenters. The molecule has 3 aromatic rings. The second-order valence-corrected chi connectivity index (χ2v) is 7.40. The van der Waals surface area contributed by atoms with Gasteiger partial charge in [-0.05, 0) is 26.0 Å². The van der Waals surface area contributed by atoms with Gasteiger partial charge in [-0.15, -0.1) is 16.8 Å². The number of ether oxygens (including phenoxy) is 1. The minimum atomic E-state index is -0.472. The van der Waals surface area contributed by atoms with Gasteiger partial charge in [0.25, 0.3) is 0 Å². The number of nitrogens with one attached hydrogen (secondary N) is 1. The molecule has 1 amide bonds. The van der Waals surface area contributed by atoms with Gasteiger partial charge in [0.05, 0.1) is 5.25 Å². The molecule has 0 aliphatic carbocycles. The molecule has 8 nitrogen and oxygen atoms in total. The summed E-state index contributed by atoms with van der Waals surface area (Å²) < 4.78 is 26.0. The van der Waals surface area contributed by atoms with Crippen LogP contribution in [0.2, 0.25) is 0 Å². The van der Waals surface area contributed by atoms with Crippen LogP contribution in [-0.2, 0) is 17.9 Å². The summed E-state index contributed by atoms with van der Waals surface area (Å²) in [4.78, 5) is 12.4. The van der Waals surface area contributed by atoms with Gasteiger partial charge in [0, 0.05) is 12.6 Å². The van der Waals surface area contributed by atoms with Crippen molar-refractivity contribution in [2.75, 3.05) is 5.32 Å². The maximum Gasteiger partial charge on any atom is 0.238 e. The molecule has 0 saturated carbocycles. The second kappa shape index (κ2) is 9.37. The smallest absolute Gasteiger partial charge is 0.238 e. The third-order valence-corrected chi connectivity index (χ3v) is 4.91. The van der Waals surface area contributed by atoms with Crippen molar-refractivity contribution in [1.29, 1.82) is 0 Å². The summed E-state index contributed by atoms with van der Waals surface area (Å²) in [5.74, 6) is 0.879. The number of carbonyl (C=O) groups is 1. The molecular formula is C19H20FN5O3S. The molecule has 0 aliphatic rings. The van der Waals surface area contributed by atoms with E-state index in [1.54, 1.807) is 42.7 Å². The summed E-state index contributed by atoms with van der Waals surface area (Å²) in [5, 5.41) is 14.7. The number of aryl methyl sites for hydroxylation is 1. The lowest BCUT2D eigenvalue weighted by Gasteiger charge is -2.12. The van der Waals surface area contributed by atoms with Crippen LogP contribution in [0.5, 0.6) is 5.75 Å². The van der Waals surface area contributed by atoms with Gasteiger partial charge in [0.1, 0.15) is 12.4 Å². The average molecular weight is 417 g/mol. The van der Waals surface area contributed by atoms with Crippen LogP contribution in [0.1, 0.15) is 18.5 Å². The average Bonchev–Trinajstić information content (AvgIpc) is 3.27. The third kappa shape index (κ3) is 5.23. The van der Waals surface area contributed by atoms with Crippen LogP contribution < -0.4 is 10.1 Å². The van der Waals surface area contributed by atoms with E-state index < -0.39 is 11.1 Å². The van der Waals surface area contributed by atoms with Gasteiger partial charge in [0.15, 0.2) is 28.4 Å². The maximum atomic E-state index is 13.7. The number of rotatable bonds is 9. The van der Waals surface area contributed by atoms with E-state index in [0.29, 0.717) is 29.1 Å². The fourth-order valence-electron chi connectivity index (χ4n) is 2.39. The summed E-state index contributed by atoms with van der Waals surface area (Å²) >= 11 is 1.23. The summed E-state index contributed by atoms with van der Waals surface area (Å²) in [6, 6.07) is 7.77. The van der Waals surface area contributed by atoms with E-state index in [9.17, 15) is 9.18 Å². The molecule has 1 N–H and O–H groups in total. The molecule has 0 saturated heterocycles. The number of hydrogen-bond acceptors (Lipinski definition) is 7. The Morgan fingerprint density at radius 3 is 2.93 bits per heavy atom. The van der Waals surface area contributed by atoms with E-state index in [1.807, 2.05) is 0 Å². The van der Waals surface area contributed by atoms with E-state index in [-0.39, 0.29) is 18.3 Å². The van der Waals surface area contributed by atoms with Crippen LogP contribution >= 0.6 is 11.8 Å². The first kappa shape index (κ1) is 20.6. The number of benzene rings is 1. The molecule has 2 heterocycles. The number of amides is 1. The molecule has 152 valence electrons. The first-order valence-corrected chi connectivity index (χ1v) is 9.67. The molecule has 1 unspecified atom stereocenters. The van der Waals surface area contributed by atoms with E-state index in [0.717, 1.165) is 0 Å². The van der Waals surface area contributed by atoms with E-state index in [1.165, 1.54) is 23.9 Å². The lowest BCUT2D eigenvalue weighted by atomic mass is 10.3. The normalized spacial score (nSPS) is 11.8. The Morgan fingerprint density at radius 1 is 1.45 bits per heavy atom. The Morgan fingerprint density at radius 2 is 2.24 bits per heavy atom. The number of anilines is 1. The van der Waals surface area contributed by atoms with Crippen molar-refractivity contribution < 1.29 is 18.4 Å². The molecule has 0 radical (unpaired) electrons. The summed E-state index contributed by atoms with van der Waals surface area (Å²) in [6.45, 7) is 7.67. The monoisotopic (exact) mass is 417 g/mol. The van der Waals surface area contributed by atoms with Crippen LogP contribution in [-0.4, -0.2) is 31.1 Å². The van der Waals surface area contributed by atoms with Gasteiger partial charge in [-0.1, -0.05) is 35.1 Å². The van der Waals surface area contributed by atoms with Gasteiger partial charge in [-0.2, -0.15) is 0 Å². The number of thioether (sulfide) groups is 1. The van der Waals surface area contributed by atoms with Crippen molar-refractivity contribution in [1.82, 2.24) is 19.9 Å². The van der Waals surface area contributed by atoms with Gasteiger partial charge in [-0.25, -0.2) is 4.39 Å². The molecule has 2 aromatic heterocycles. The van der Waals surface area contributed by atoms with Crippen LogP contribution in [0.15, 0.2) is 52.7 Å². The zero-order chi connectivity index (χ0) is 20.8. The highest BCUT2D eigenvalue weighted by Gasteiger charge is 2.21. The SMILES string of the molecule is C=CCn1c(COc2ccccc2F)nnc1SC(C)C(=O)Nc1cc(C)on1. The van der Waals surface area contributed by atoms with Gasteiger partial charge >= 0.3 is 0 Å². The highest BCUT2D eigenvalue weighted by atomic mass is 32.2. The van der Waals surface area contributed by atoms with Crippen molar-refractivity contribution >= 4 is 23.5 Å². The van der Waals surface area contributed by atoms with E-state index >= 15 is 0 Å². The largest absolute Gasteiger partial charge is 0.483 e. The van der Waals surface area contributed by atoms with Crippen molar-refractivity contribution in [2.45, 2.75) is 37.4 Å². The number of allylic oxidation sites excluding steroid dienone is 1. The topological polar surface area (TPSA) is 95.1 Å². The fraction of sp³-hybridized carbons (Fsp3) is 0.263. The Hall–Kier alpha value is -3.14. The molecule has 10 heteroatoms. The second-order valence-electron chi connectivity index (χ2n) is 6.09. The molecule has 29 heavy (non-hydrogen) atoms. The molecule has 0 spiro atoms. The lowest BCUT2D eigenvalue weighted by Crippen LogP contribution is -2.23. The number of carbonyl (C=O) groups excluding carboxylic acids is 1. The van der Waals surface area contributed by atoms with Crippen LogP contribution in [0, 0.1) is 12.7 Å². The first-order valence-electron chi connectivity index (χ1n) is 8.79. The van der Waals surface area contributed by atoms with Gasteiger partial charge in [0.2, 0.25) is 5.91 Å². The highest BCUT2D eigenvalue weighted by molar-refractivity contribution is 8.00. The molecule has 1 aromatic carbocycles. The van der Waals surface area contributed by atoms with E-state index in [2.05, 4.69) is 27.2 Å². The Balaban J connectivity index is 1.68. The number of nitrogens with zero attached hydrogens (tertiary/aromatic N) is 4. The minimum absolute atomic E-state index is 0.0289. The quantitative estimate of drug-likeness (QED) is 0.420. The highest BCUT2D eigenvalue weighted by Crippen LogP contribution is 2.24. The third-order valence-electron chi connectivity index (χ3n) is 3.83. The predicted octanol–water partition coefficient (Wildman–Crippen LogP) is 3.60. The van der Waals surface area contributed by atoms with Crippen molar-refractivity contribution in [3.63, 3.8) is 0 Å². The number of halogens is 1. The first-order chi connectivity index (χ1) is 14.0. The van der Waals surface area contributed by atoms with Crippen molar-refractivity contribution in [3.05, 3.63) is 60.4 Å². The van der Waals surface area contributed by atoms with Crippen LogP contribution in [0.4, 0.5) is 10.2 Å². The number of aromatic nitrogens is 4. The number of para-hydroxylation sites is 1. The molecule has 0 aliphatic heterocycles. The summed E-state index contributed by atoms with van der Waals surface area (Å²) in [5.41, 5.74) is 0. The zero-order valence-electron chi connectivity index (χ0n) is 16.0. The van der Waals surface area contributed by atoms with Crippen LogP contribution in [0.3, 0.4) is 0 Å². The lowest BCUT2D eigenvalue weighted by molar-refractivity contribution is -0.115. The maximum absolute atomic E-state index is 13.7. The Bertz CT molecular complexity index is 1000. The molecule has 3 rings (SSSR count). The minimum Gasteiger partial charge on any atom is -0.483 e. The fourth-order valence-corrected chi connectivity index (χ4v) is 3.27. The molecule has 0 fully saturated rings. The Labute approximate surface area is 171 Å². The molecule has 0 bridgehead atoms. The van der Waals surface area contributed by atoms with Gasteiger partial charge in [-0.3, -0.25) is 9.36 Å². The predicted molar refractivity (Wildman–Crippen MR) is 106 cm³/mol. The van der Waals surface area contributed by atoms with Gasteiger partial charge < -0.3 is 14.6 Å². The van der Waals surface area contributed by atoms with Crippen molar-refractivity contribution in [2.24, 2.45) is 0 Å². The van der Waals surface area contributed by atoms with E-state index in [4.69, 9.17) is 9.26 Å². The van der Waals surface area contributed by atoms with Crippen LogP contribution in [0.25, 0.3) is 0 Å². The molecular weight excluding hydrogens is 397 g/mol. The summed E-state index contributed by atoms with van der Waals surface area (Å²) in [7, 11) is 0. The Kier molecular flexibility index (Phi) is 6.65. The summed E-state index contributed by atoms with van der Waals surface area (Å²) in [6.07, 6.45) is 1.68. The number of hydrogen-bond donors (Lipinski definition) is 1.